The molecule has 0 spiro atoms. The fourth-order valence-corrected chi connectivity index (χ4v) is 2.44. The molecule has 1 saturated heterocycles. The molecule has 2 N–H and O–H groups in total. The van der Waals surface area contributed by atoms with E-state index in [1.165, 1.54) is 6.39 Å². The van der Waals surface area contributed by atoms with Crippen LogP contribution < -0.4 is 10.6 Å². The highest BCUT2D eigenvalue weighted by Crippen LogP contribution is 2.21. The van der Waals surface area contributed by atoms with Gasteiger partial charge in [0.25, 0.3) is 0 Å². The van der Waals surface area contributed by atoms with Crippen LogP contribution in [0.3, 0.4) is 0 Å². The number of carbonyl (C=O) groups excluding carboxylic acids is 1. The van der Waals surface area contributed by atoms with Crippen LogP contribution in [0.4, 0.5) is 5.69 Å². The average molecular weight is 308 g/mol. The van der Waals surface area contributed by atoms with Gasteiger partial charge in [0.2, 0.25) is 5.91 Å². The Kier molecular flexibility index (Phi) is 5.36. The predicted molar refractivity (Wildman–Crippen MR) is 83.4 cm³/mol. The molecule has 3 rings (SSSR count). The van der Waals surface area contributed by atoms with Gasteiger partial charge in [0.15, 0.2) is 12.2 Å². The van der Waals surface area contributed by atoms with Crippen molar-refractivity contribution in [2.24, 2.45) is 5.92 Å². The van der Waals surface area contributed by atoms with Gasteiger partial charge >= 0.3 is 0 Å². The maximum absolute atomic E-state index is 11.9. The van der Waals surface area contributed by atoms with Gasteiger partial charge in [-0.25, -0.2) is 4.98 Å². The third-order valence-electron chi connectivity index (χ3n) is 3.52. The van der Waals surface area contributed by atoms with E-state index in [-0.39, 0.29) is 18.3 Å². The summed E-state index contributed by atoms with van der Waals surface area (Å²) in [6.45, 7) is 1.96. The maximum atomic E-state index is 11.9. The number of hydrogen-bond acceptors (Lipinski definition) is 4. The van der Waals surface area contributed by atoms with Crippen molar-refractivity contribution in [2.75, 3.05) is 18.4 Å². The lowest BCUT2D eigenvalue weighted by atomic mass is 10.0. The van der Waals surface area contributed by atoms with Crippen LogP contribution in [-0.2, 0) is 4.79 Å². The summed E-state index contributed by atoms with van der Waals surface area (Å²) >= 11 is 0. The fraction of sp³-hybridized carbons (Fsp3) is 0.333. The second kappa shape index (κ2) is 7.24. The zero-order valence-electron chi connectivity index (χ0n) is 11.5. The number of benzene rings is 1. The summed E-state index contributed by atoms with van der Waals surface area (Å²) in [5.74, 6) is 1.26. The SMILES string of the molecule is Cl.O=C(CC1CCNC1)Nc1ccc(-c2cnco2)cc1. The van der Waals surface area contributed by atoms with Crippen LogP contribution in [0.2, 0.25) is 0 Å². The second-order valence-electron chi connectivity index (χ2n) is 5.05. The van der Waals surface area contributed by atoms with Crippen molar-refractivity contribution in [3.8, 4) is 11.3 Å². The van der Waals surface area contributed by atoms with Gasteiger partial charge < -0.3 is 15.1 Å². The summed E-state index contributed by atoms with van der Waals surface area (Å²) in [6.07, 6.45) is 4.73. The summed E-state index contributed by atoms with van der Waals surface area (Å²) in [5.41, 5.74) is 1.75. The summed E-state index contributed by atoms with van der Waals surface area (Å²) in [7, 11) is 0. The lowest BCUT2D eigenvalue weighted by Crippen LogP contribution is -2.18. The molecule has 0 aliphatic carbocycles. The van der Waals surface area contributed by atoms with E-state index in [1.807, 2.05) is 24.3 Å². The number of amides is 1. The van der Waals surface area contributed by atoms with E-state index in [4.69, 9.17) is 4.42 Å². The molecule has 1 amide bonds. The van der Waals surface area contributed by atoms with Crippen LogP contribution in [0.5, 0.6) is 0 Å². The summed E-state index contributed by atoms with van der Waals surface area (Å²) in [6, 6.07) is 7.58. The van der Waals surface area contributed by atoms with Crippen molar-refractivity contribution in [1.29, 1.82) is 0 Å². The minimum absolute atomic E-state index is 0. The number of nitrogens with zero attached hydrogens (tertiary/aromatic N) is 1. The van der Waals surface area contributed by atoms with Crippen molar-refractivity contribution in [3.05, 3.63) is 36.9 Å². The molecule has 2 heterocycles. The number of anilines is 1. The Bertz CT molecular complexity index is 563. The van der Waals surface area contributed by atoms with Gasteiger partial charge in [-0.05, 0) is 49.7 Å². The quantitative estimate of drug-likeness (QED) is 0.911. The highest BCUT2D eigenvalue weighted by Gasteiger charge is 2.17. The largest absolute Gasteiger partial charge is 0.444 e. The average Bonchev–Trinajstić information content (AvgIpc) is 3.12. The second-order valence-corrected chi connectivity index (χ2v) is 5.05. The molecule has 1 aliphatic rings. The van der Waals surface area contributed by atoms with Crippen molar-refractivity contribution >= 4 is 24.0 Å². The molecule has 112 valence electrons. The number of aromatic nitrogens is 1. The Morgan fingerprint density at radius 3 is 2.81 bits per heavy atom. The Morgan fingerprint density at radius 1 is 1.38 bits per heavy atom. The first-order chi connectivity index (χ1) is 9.81. The Hall–Kier alpha value is -1.85. The third kappa shape index (κ3) is 4.06. The third-order valence-corrected chi connectivity index (χ3v) is 3.52. The molecule has 0 bridgehead atoms. The number of nitrogens with one attached hydrogen (secondary N) is 2. The van der Waals surface area contributed by atoms with E-state index in [9.17, 15) is 4.79 Å². The predicted octanol–water partition coefficient (Wildman–Crippen LogP) is 2.70. The topological polar surface area (TPSA) is 67.2 Å². The highest BCUT2D eigenvalue weighted by molar-refractivity contribution is 5.91. The van der Waals surface area contributed by atoms with Crippen LogP contribution in [0.25, 0.3) is 11.3 Å². The van der Waals surface area contributed by atoms with Crippen LogP contribution in [0.15, 0.2) is 41.3 Å². The van der Waals surface area contributed by atoms with Crippen molar-refractivity contribution in [3.63, 3.8) is 0 Å². The molecule has 1 unspecified atom stereocenters. The van der Waals surface area contributed by atoms with Gasteiger partial charge in [-0.2, -0.15) is 0 Å². The first kappa shape index (κ1) is 15.5. The minimum Gasteiger partial charge on any atom is -0.444 e. The van der Waals surface area contributed by atoms with E-state index >= 15 is 0 Å². The van der Waals surface area contributed by atoms with Gasteiger partial charge in [0, 0.05) is 17.7 Å². The lowest BCUT2D eigenvalue weighted by Gasteiger charge is -2.09. The monoisotopic (exact) mass is 307 g/mol. The molecule has 1 aliphatic heterocycles. The van der Waals surface area contributed by atoms with E-state index in [1.54, 1.807) is 6.20 Å². The normalized spacial score (nSPS) is 17.2. The van der Waals surface area contributed by atoms with Gasteiger partial charge in [-0.1, -0.05) is 0 Å². The van der Waals surface area contributed by atoms with E-state index < -0.39 is 0 Å². The van der Waals surface area contributed by atoms with Gasteiger partial charge in [-0.3, -0.25) is 4.79 Å². The molecule has 5 nitrogen and oxygen atoms in total. The zero-order chi connectivity index (χ0) is 13.8. The van der Waals surface area contributed by atoms with Crippen molar-refractivity contribution < 1.29 is 9.21 Å². The summed E-state index contributed by atoms with van der Waals surface area (Å²) < 4.78 is 5.22. The molecular formula is C15H18ClN3O2. The van der Waals surface area contributed by atoms with E-state index in [2.05, 4.69) is 15.6 Å². The van der Waals surface area contributed by atoms with Crippen LogP contribution in [-0.4, -0.2) is 24.0 Å². The van der Waals surface area contributed by atoms with E-state index in [0.29, 0.717) is 12.3 Å². The molecule has 2 aromatic rings. The molecule has 6 heteroatoms. The molecule has 1 atom stereocenters. The number of hydrogen-bond donors (Lipinski definition) is 2. The Labute approximate surface area is 129 Å². The maximum Gasteiger partial charge on any atom is 0.224 e. The molecule has 1 fully saturated rings. The molecule has 21 heavy (non-hydrogen) atoms. The first-order valence-corrected chi connectivity index (χ1v) is 6.81. The van der Waals surface area contributed by atoms with Gasteiger partial charge in [0.1, 0.15) is 0 Å². The number of rotatable bonds is 4. The smallest absolute Gasteiger partial charge is 0.224 e. The molecule has 1 aromatic heterocycles. The van der Waals surface area contributed by atoms with Crippen LogP contribution >= 0.6 is 12.4 Å². The van der Waals surface area contributed by atoms with Crippen molar-refractivity contribution in [2.45, 2.75) is 12.8 Å². The standard InChI is InChI=1S/C15H17N3O2.ClH/c19-15(7-11-5-6-16-8-11)18-13-3-1-12(2-4-13)14-9-17-10-20-14;/h1-4,9-11,16H,5-8H2,(H,18,19);1H. The van der Waals surface area contributed by atoms with Crippen molar-refractivity contribution in [1.82, 2.24) is 10.3 Å². The summed E-state index contributed by atoms with van der Waals surface area (Å²) in [5, 5.41) is 6.20. The number of oxazole rings is 1. The molecule has 1 aromatic carbocycles. The minimum atomic E-state index is 0. The van der Waals surface area contributed by atoms with Crippen LogP contribution in [0.1, 0.15) is 12.8 Å². The molecule has 0 saturated carbocycles. The van der Waals surface area contributed by atoms with Gasteiger partial charge in [0.05, 0.1) is 6.20 Å². The lowest BCUT2D eigenvalue weighted by molar-refractivity contribution is -0.116. The first-order valence-electron chi connectivity index (χ1n) is 6.81. The van der Waals surface area contributed by atoms with Crippen LogP contribution in [0, 0.1) is 5.92 Å². The number of carbonyl (C=O) groups is 1. The summed E-state index contributed by atoms with van der Waals surface area (Å²) in [4.78, 5) is 15.8. The highest BCUT2D eigenvalue weighted by atomic mass is 35.5. The Morgan fingerprint density at radius 2 is 2.19 bits per heavy atom. The fourth-order valence-electron chi connectivity index (χ4n) is 2.44. The van der Waals surface area contributed by atoms with Gasteiger partial charge in [-0.15, -0.1) is 12.4 Å². The molecule has 0 radical (unpaired) electrons. The Balaban J connectivity index is 0.00000161. The number of halogens is 1. The molecular weight excluding hydrogens is 290 g/mol. The van der Waals surface area contributed by atoms with E-state index in [0.717, 1.165) is 36.5 Å². The zero-order valence-corrected chi connectivity index (χ0v) is 12.4.